The van der Waals surface area contributed by atoms with Gasteiger partial charge in [0.15, 0.2) is 0 Å². The van der Waals surface area contributed by atoms with E-state index < -0.39 is 0 Å². The zero-order chi connectivity index (χ0) is 12.6. The Morgan fingerprint density at radius 1 is 1.29 bits per heavy atom. The largest absolute Gasteiger partial charge is 0.320 e. The number of thiophene rings is 1. The van der Waals surface area contributed by atoms with Crippen molar-refractivity contribution in [1.29, 1.82) is 0 Å². The number of rotatable bonds is 2. The molecule has 2 rings (SSSR count). The number of hydrogen-bond donors (Lipinski definition) is 1. The molecule has 0 saturated heterocycles. The summed E-state index contributed by atoms with van der Waals surface area (Å²) >= 11 is 16.9. The first-order valence-electron chi connectivity index (χ1n) is 4.95. The Morgan fingerprint density at radius 2 is 2.00 bits per heavy atom. The predicted octanol–water partition coefficient (Wildman–Crippen LogP) is 5.17. The minimum Gasteiger partial charge on any atom is -0.320 e. The Morgan fingerprint density at radius 3 is 2.53 bits per heavy atom. The van der Waals surface area contributed by atoms with Crippen LogP contribution in [0.25, 0.3) is 0 Å². The molecule has 0 aliphatic rings. The van der Waals surface area contributed by atoms with E-state index in [0.29, 0.717) is 5.02 Å². The van der Waals surface area contributed by atoms with Crippen molar-refractivity contribution in [3.63, 3.8) is 0 Å². The van der Waals surface area contributed by atoms with Crippen LogP contribution in [0.4, 0.5) is 0 Å². The summed E-state index contributed by atoms with van der Waals surface area (Å²) in [6.45, 7) is 1.98. The van der Waals surface area contributed by atoms with Crippen LogP contribution in [0.3, 0.4) is 0 Å². The molecular formula is C12H10BrCl2NS. The van der Waals surface area contributed by atoms with E-state index in [-0.39, 0.29) is 6.04 Å². The Balaban J connectivity index is 2.36. The molecule has 1 aromatic heterocycles. The molecule has 0 bridgehead atoms. The zero-order valence-corrected chi connectivity index (χ0v) is 12.9. The molecule has 0 saturated carbocycles. The van der Waals surface area contributed by atoms with E-state index in [0.717, 1.165) is 24.8 Å². The van der Waals surface area contributed by atoms with E-state index in [4.69, 9.17) is 28.9 Å². The average molecular weight is 351 g/mol. The molecule has 0 aliphatic carbocycles. The maximum absolute atomic E-state index is 6.21. The van der Waals surface area contributed by atoms with Gasteiger partial charge in [-0.3, -0.25) is 0 Å². The number of halogens is 3. The third-order valence-electron chi connectivity index (χ3n) is 2.49. The second-order valence-corrected chi connectivity index (χ2v) is 6.70. The van der Waals surface area contributed by atoms with Gasteiger partial charge in [-0.1, -0.05) is 29.3 Å². The summed E-state index contributed by atoms with van der Waals surface area (Å²) in [6, 6.07) is 7.57. The number of hydrogen-bond acceptors (Lipinski definition) is 2. The highest BCUT2D eigenvalue weighted by molar-refractivity contribution is 9.10. The first-order valence-corrected chi connectivity index (χ1v) is 7.32. The topological polar surface area (TPSA) is 26.0 Å². The van der Waals surface area contributed by atoms with Crippen LogP contribution in [0.5, 0.6) is 0 Å². The fourth-order valence-corrected chi connectivity index (χ4v) is 3.27. The lowest BCUT2D eigenvalue weighted by Crippen LogP contribution is -2.10. The molecular weight excluding hydrogens is 341 g/mol. The molecule has 0 aliphatic heterocycles. The average Bonchev–Trinajstić information content (AvgIpc) is 2.62. The predicted molar refractivity (Wildman–Crippen MR) is 79.2 cm³/mol. The van der Waals surface area contributed by atoms with Gasteiger partial charge >= 0.3 is 0 Å². The van der Waals surface area contributed by atoms with Crippen molar-refractivity contribution in [3.05, 3.63) is 54.1 Å². The summed E-state index contributed by atoms with van der Waals surface area (Å²) < 4.78 is 1.65. The van der Waals surface area contributed by atoms with E-state index in [2.05, 4.69) is 15.9 Å². The first-order chi connectivity index (χ1) is 7.99. The summed E-state index contributed by atoms with van der Waals surface area (Å²) in [4.78, 5) is 1.06. The molecule has 1 atom stereocenters. The van der Waals surface area contributed by atoms with Crippen LogP contribution >= 0.6 is 50.5 Å². The molecule has 1 nitrogen and oxygen atoms in total. The van der Waals surface area contributed by atoms with Crippen molar-refractivity contribution < 1.29 is 0 Å². The molecule has 2 N–H and O–H groups in total. The highest BCUT2D eigenvalue weighted by atomic mass is 79.9. The Kier molecular flexibility index (Phi) is 4.16. The summed E-state index contributed by atoms with van der Waals surface area (Å²) in [5, 5.41) is 0.682. The van der Waals surface area contributed by atoms with E-state index in [1.807, 2.05) is 31.2 Å². The maximum atomic E-state index is 6.21. The van der Waals surface area contributed by atoms with Gasteiger partial charge in [-0.05, 0) is 52.2 Å². The summed E-state index contributed by atoms with van der Waals surface area (Å²) in [5.41, 5.74) is 8.28. The molecule has 5 heteroatoms. The second kappa shape index (κ2) is 5.29. The van der Waals surface area contributed by atoms with E-state index in [9.17, 15) is 0 Å². The standard InChI is InChI=1S/C12H10BrCl2NS/c1-6-4-10(17-12(6)15)11(16)7-2-3-9(14)8(13)5-7/h2-5,11H,16H2,1H3. The number of nitrogens with two attached hydrogens (primary N) is 1. The van der Waals surface area contributed by atoms with Crippen LogP contribution in [0.2, 0.25) is 9.36 Å². The van der Waals surface area contributed by atoms with Crippen molar-refractivity contribution in [3.8, 4) is 0 Å². The van der Waals surface area contributed by atoms with Gasteiger partial charge in [-0.25, -0.2) is 0 Å². The third kappa shape index (κ3) is 2.85. The van der Waals surface area contributed by atoms with E-state index in [1.54, 1.807) is 0 Å². The van der Waals surface area contributed by atoms with Crippen LogP contribution in [-0.2, 0) is 0 Å². The molecule has 17 heavy (non-hydrogen) atoms. The SMILES string of the molecule is Cc1cc(C(N)c2ccc(Cl)c(Br)c2)sc1Cl. The molecule has 2 aromatic rings. The Bertz CT molecular complexity index is 534. The number of benzene rings is 1. The van der Waals surface area contributed by atoms with Crippen molar-refractivity contribution in [2.45, 2.75) is 13.0 Å². The van der Waals surface area contributed by atoms with Crippen LogP contribution in [0.15, 0.2) is 28.7 Å². The van der Waals surface area contributed by atoms with Gasteiger partial charge in [0.25, 0.3) is 0 Å². The maximum Gasteiger partial charge on any atom is 0.0961 e. The van der Waals surface area contributed by atoms with E-state index in [1.165, 1.54) is 11.3 Å². The van der Waals surface area contributed by atoms with Crippen LogP contribution < -0.4 is 5.73 Å². The van der Waals surface area contributed by atoms with Crippen LogP contribution in [0, 0.1) is 6.92 Å². The number of aryl methyl sites for hydroxylation is 1. The fourth-order valence-electron chi connectivity index (χ4n) is 1.51. The minimum absolute atomic E-state index is 0.167. The van der Waals surface area contributed by atoms with Gasteiger partial charge in [0, 0.05) is 9.35 Å². The smallest absolute Gasteiger partial charge is 0.0961 e. The Hall–Kier alpha value is -0.0600. The van der Waals surface area contributed by atoms with Gasteiger partial charge in [0.05, 0.1) is 15.4 Å². The van der Waals surface area contributed by atoms with Gasteiger partial charge in [-0.15, -0.1) is 11.3 Å². The van der Waals surface area contributed by atoms with Gasteiger partial charge in [0.1, 0.15) is 0 Å². The zero-order valence-electron chi connectivity index (χ0n) is 9.01. The van der Waals surface area contributed by atoms with Crippen molar-refractivity contribution in [2.24, 2.45) is 5.73 Å². The third-order valence-corrected chi connectivity index (χ3v) is 5.34. The summed E-state index contributed by atoms with van der Waals surface area (Å²) in [5.74, 6) is 0. The van der Waals surface area contributed by atoms with Gasteiger partial charge < -0.3 is 5.73 Å². The molecule has 1 aromatic carbocycles. The molecule has 0 amide bonds. The highest BCUT2D eigenvalue weighted by Crippen LogP contribution is 2.34. The Labute approximate surface area is 123 Å². The lowest BCUT2D eigenvalue weighted by atomic mass is 10.1. The van der Waals surface area contributed by atoms with Crippen molar-refractivity contribution >= 4 is 50.5 Å². The molecule has 0 spiro atoms. The fraction of sp³-hybridized carbons (Fsp3) is 0.167. The van der Waals surface area contributed by atoms with Crippen LogP contribution in [0.1, 0.15) is 22.0 Å². The monoisotopic (exact) mass is 349 g/mol. The second-order valence-electron chi connectivity index (χ2n) is 3.76. The van der Waals surface area contributed by atoms with E-state index >= 15 is 0 Å². The highest BCUT2D eigenvalue weighted by Gasteiger charge is 2.14. The van der Waals surface area contributed by atoms with Gasteiger partial charge in [0.2, 0.25) is 0 Å². The normalized spacial score (nSPS) is 12.8. The molecule has 1 heterocycles. The lowest BCUT2D eigenvalue weighted by Gasteiger charge is -2.10. The van der Waals surface area contributed by atoms with Crippen molar-refractivity contribution in [1.82, 2.24) is 0 Å². The van der Waals surface area contributed by atoms with Crippen LogP contribution in [-0.4, -0.2) is 0 Å². The lowest BCUT2D eigenvalue weighted by molar-refractivity contribution is 0.891. The summed E-state index contributed by atoms with van der Waals surface area (Å²) in [6.07, 6.45) is 0. The molecule has 0 fully saturated rings. The summed E-state index contributed by atoms with van der Waals surface area (Å²) in [7, 11) is 0. The molecule has 90 valence electrons. The minimum atomic E-state index is -0.167. The molecule has 0 radical (unpaired) electrons. The van der Waals surface area contributed by atoms with Crippen molar-refractivity contribution in [2.75, 3.05) is 0 Å². The first kappa shape index (κ1) is 13.4. The molecule has 1 unspecified atom stereocenters. The quantitative estimate of drug-likeness (QED) is 0.793. The van der Waals surface area contributed by atoms with Gasteiger partial charge in [-0.2, -0.15) is 0 Å².